The highest BCUT2D eigenvalue weighted by Crippen LogP contribution is 2.26. The summed E-state index contributed by atoms with van der Waals surface area (Å²) in [5.41, 5.74) is 1.32. The number of aromatic nitrogens is 2. The predicted octanol–water partition coefficient (Wildman–Crippen LogP) is 1.15. The molecule has 1 aliphatic rings. The molecule has 0 aromatic carbocycles. The van der Waals surface area contributed by atoms with Gasteiger partial charge in [0, 0.05) is 51.6 Å². The second-order valence-corrected chi connectivity index (χ2v) is 6.21. The third-order valence-corrected chi connectivity index (χ3v) is 4.47. The first-order valence-corrected chi connectivity index (χ1v) is 8.35. The van der Waals surface area contributed by atoms with Gasteiger partial charge in [0.1, 0.15) is 0 Å². The van der Waals surface area contributed by atoms with Crippen molar-refractivity contribution in [3.05, 3.63) is 18.0 Å². The van der Waals surface area contributed by atoms with E-state index in [1.807, 2.05) is 25.0 Å². The molecule has 21 heavy (non-hydrogen) atoms. The van der Waals surface area contributed by atoms with Crippen molar-refractivity contribution < 1.29 is 0 Å². The molecule has 114 valence electrons. The number of aliphatic imine (C=N–C) groups is 1. The minimum absolute atomic E-state index is 0.549. The monoisotopic (exact) mass is 305 g/mol. The second-order valence-electron chi connectivity index (χ2n) is 5.11. The summed E-state index contributed by atoms with van der Waals surface area (Å²) in [5, 5.41) is 7.68. The number of thioether (sulfide) groups is 1. The van der Waals surface area contributed by atoms with Crippen LogP contribution in [0.25, 0.3) is 0 Å². The summed E-state index contributed by atoms with van der Waals surface area (Å²) in [5.74, 6) is 5.95. The molecule has 0 aliphatic carbocycles. The van der Waals surface area contributed by atoms with Gasteiger partial charge in [0.2, 0.25) is 0 Å². The van der Waals surface area contributed by atoms with Crippen LogP contribution in [0.1, 0.15) is 17.9 Å². The molecule has 0 amide bonds. The van der Waals surface area contributed by atoms with Crippen LogP contribution in [-0.4, -0.2) is 58.8 Å². The van der Waals surface area contributed by atoms with E-state index in [0.717, 1.165) is 43.5 Å². The van der Waals surface area contributed by atoms with Gasteiger partial charge in [-0.1, -0.05) is 5.92 Å². The minimum Gasteiger partial charge on any atom is -0.355 e. The van der Waals surface area contributed by atoms with Crippen LogP contribution in [0, 0.1) is 12.3 Å². The molecule has 1 aromatic rings. The van der Waals surface area contributed by atoms with E-state index in [1.165, 1.54) is 5.56 Å². The largest absolute Gasteiger partial charge is 0.355 e. The summed E-state index contributed by atoms with van der Waals surface area (Å²) in [4.78, 5) is 6.71. The van der Waals surface area contributed by atoms with E-state index >= 15 is 0 Å². The Kier molecular flexibility index (Phi) is 6.00. The molecule has 0 saturated carbocycles. The Morgan fingerprint density at radius 2 is 2.52 bits per heavy atom. The lowest BCUT2D eigenvalue weighted by atomic mass is 10.0. The Morgan fingerprint density at radius 1 is 1.67 bits per heavy atom. The molecule has 1 fully saturated rings. The molecular formula is C15H23N5S. The first-order valence-electron chi connectivity index (χ1n) is 7.20. The van der Waals surface area contributed by atoms with Crippen LogP contribution in [0.2, 0.25) is 0 Å². The van der Waals surface area contributed by atoms with Crippen molar-refractivity contribution in [2.75, 3.05) is 38.2 Å². The topological polar surface area (TPSA) is 45.5 Å². The average molecular weight is 305 g/mol. The normalized spacial score (nSPS) is 18.8. The summed E-state index contributed by atoms with van der Waals surface area (Å²) < 4.78 is 1.87. The number of aryl methyl sites for hydroxylation is 1. The lowest BCUT2D eigenvalue weighted by molar-refractivity contribution is 0.488. The van der Waals surface area contributed by atoms with E-state index in [2.05, 4.69) is 32.4 Å². The van der Waals surface area contributed by atoms with E-state index in [1.54, 1.807) is 11.8 Å². The minimum atomic E-state index is 0.549. The smallest absolute Gasteiger partial charge is 0.193 e. The van der Waals surface area contributed by atoms with Gasteiger partial charge in [-0.25, -0.2) is 0 Å². The molecule has 1 aliphatic heterocycles. The molecule has 0 bridgehead atoms. The molecule has 2 rings (SSSR count). The average Bonchev–Trinajstić information content (AvgIpc) is 3.12. The maximum Gasteiger partial charge on any atom is 0.193 e. The number of nitrogens with zero attached hydrogens (tertiary/aromatic N) is 4. The highest BCUT2D eigenvalue weighted by Gasteiger charge is 2.26. The molecule has 1 aromatic heterocycles. The highest BCUT2D eigenvalue weighted by atomic mass is 32.2. The fourth-order valence-corrected chi connectivity index (χ4v) is 3.08. The molecule has 0 radical (unpaired) electrons. The highest BCUT2D eigenvalue weighted by molar-refractivity contribution is 7.99. The molecule has 6 heteroatoms. The Hall–Kier alpha value is -1.61. The number of rotatable bonds is 5. The molecule has 1 saturated heterocycles. The van der Waals surface area contributed by atoms with Gasteiger partial charge in [-0.3, -0.25) is 9.67 Å². The van der Waals surface area contributed by atoms with Gasteiger partial charge in [-0.05, 0) is 12.0 Å². The molecule has 0 spiro atoms. The van der Waals surface area contributed by atoms with Crippen LogP contribution >= 0.6 is 11.8 Å². The standard InChI is InChI=1S/C15H23N5S/c1-4-8-21-9-6-17-15(16-2)20-7-5-13(12-20)14-10-18-19(3)11-14/h1,10-11,13H,5-9,12H2,2-3H3,(H,16,17). The van der Waals surface area contributed by atoms with Crippen molar-refractivity contribution in [2.24, 2.45) is 12.0 Å². The van der Waals surface area contributed by atoms with E-state index in [-0.39, 0.29) is 0 Å². The third kappa shape index (κ3) is 4.43. The van der Waals surface area contributed by atoms with Crippen molar-refractivity contribution in [3.8, 4) is 12.3 Å². The van der Waals surface area contributed by atoms with E-state index in [4.69, 9.17) is 6.42 Å². The van der Waals surface area contributed by atoms with Gasteiger partial charge in [0.25, 0.3) is 0 Å². The van der Waals surface area contributed by atoms with Crippen molar-refractivity contribution >= 4 is 17.7 Å². The summed E-state index contributed by atoms with van der Waals surface area (Å²) in [6.07, 6.45) is 10.5. The number of hydrogen-bond acceptors (Lipinski definition) is 3. The lowest BCUT2D eigenvalue weighted by Gasteiger charge is -2.21. The van der Waals surface area contributed by atoms with E-state index in [0.29, 0.717) is 5.92 Å². The van der Waals surface area contributed by atoms with Crippen LogP contribution in [0.3, 0.4) is 0 Å². The van der Waals surface area contributed by atoms with Crippen molar-refractivity contribution in [2.45, 2.75) is 12.3 Å². The quantitative estimate of drug-likeness (QED) is 0.384. The molecule has 1 unspecified atom stereocenters. The van der Waals surface area contributed by atoms with Crippen molar-refractivity contribution in [3.63, 3.8) is 0 Å². The molecule has 1 N–H and O–H groups in total. The number of hydrogen-bond donors (Lipinski definition) is 1. The first kappa shape index (κ1) is 15.8. The van der Waals surface area contributed by atoms with Gasteiger partial charge < -0.3 is 10.2 Å². The van der Waals surface area contributed by atoms with Gasteiger partial charge >= 0.3 is 0 Å². The number of likely N-dealkylation sites (tertiary alicyclic amines) is 1. The fraction of sp³-hybridized carbons (Fsp3) is 0.600. The van der Waals surface area contributed by atoms with Crippen LogP contribution < -0.4 is 5.32 Å². The molecule has 2 heterocycles. The fourth-order valence-electron chi connectivity index (χ4n) is 2.57. The Bertz CT molecular complexity index is 516. The van der Waals surface area contributed by atoms with Crippen LogP contribution in [0.15, 0.2) is 17.4 Å². The zero-order valence-corrected chi connectivity index (χ0v) is 13.6. The third-order valence-electron chi connectivity index (χ3n) is 3.61. The first-order chi connectivity index (χ1) is 10.2. The van der Waals surface area contributed by atoms with Crippen LogP contribution in [-0.2, 0) is 7.05 Å². The van der Waals surface area contributed by atoms with Crippen molar-refractivity contribution in [1.29, 1.82) is 0 Å². The number of terminal acetylenes is 1. The lowest BCUT2D eigenvalue weighted by Crippen LogP contribution is -2.40. The maximum absolute atomic E-state index is 5.24. The SMILES string of the molecule is C#CCSCCNC(=NC)N1CCC(c2cnn(C)c2)C1. The molecular weight excluding hydrogens is 282 g/mol. The van der Waals surface area contributed by atoms with E-state index in [9.17, 15) is 0 Å². The van der Waals surface area contributed by atoms with Gasteiger partial charge in [0.15, 0.2) is 5.96 Å². The zero-order chi connectivity index (χ0) is 15.1. The summed E-state index contributed by atoms with van der Waals surface area (Å²) in [7, 11) is 3.80. The molecule has 1 atom stereocenters. The number of guanidine groups is 1. The van der Waals surface area contributed by atoms with Crippen molar-refractivity contribution in [1.82, 2.24) is 20.0 Å². The van der Waals surface area contributed by atoms with Gasteiger partial charge in [-0.15, -0.1) is 18.2 Å². The summed E-state index contributed by atoms with van der Waals surface area (Å²) >= 11 is 1.77. The maximum atomic E-state index is 5.24. The van der Waals surface area contributed by atoms with Gasteiger partial charge in [-0.2, -0.15) is 5.10 Å². The van der Waals surface area contributed by atoms with Gasteiger partial charge in [0.05, 0.1) is 11.9 Å². The Balaban J connectivity index is 1.80. The van der Waals surface area contributed by atoms with E-state index < -0.39 is 0 Å². The summed E-state index contributed by atoms with van der Waals surface area (Å²) in [6.45, 7) is 2.94. The van der Waals surface area contributed by atoms with Crippen LogP contribution in [0.5, 0.6) is 0 Å². The van der Waals surface area contributed by atoms with Crippen LogP contribution in [0.4, 0.5) is 0 Å². The predicted molar refractivity (Wildman–Crippen MR) is 89.7 cm³/mol. The zero-order valence-electron chi connectivity index (χ0n) is 12.7. The molecule has 5 nitrogen and oxygen atoms in total. The Morgan fingerprint density at radius 3 is 3.19 bits per heavy atom. The summed E-state index contributed by atoms with van der Waals surface area (Å²) in [6, 6.07) is 0. The second kappa shape index (κ2) is 7.99. The Labute approximate surface area is 131 Å². The number of nitrogens with one attached hydrogen (secondary N) is 1.